The summed E-state index contributed by atoms with van der Waals surface area (Å²) in [5.41, 5.74) is 1.60. The Morgan fingerprint density at radius 2 is 1.79 bits per heavy atom. The normalized spacial score (nSPS) is 13.8. The molecule has 172 valence electrons. The molecule has 1 fully saturated rings. The van der Waals surface area contributed by atoms with E-state index in [9.17, 15) is 9.59 Å². The van der Waals surface area contributed by atoms with Crippen LogP contribution in [-0.4, -0.2) is 53.6 Å². The molecule has 2 aromatic carbocycles. The lowest BCUT2D eigenvalue weighted by atomic mass is 10.1. The molecule has 4 aromatic rings. The number of carbonyl (C=O) groups excluding carboxylic acids is 1. The van der Waals surface area contributed by atoms with Gasteiger partial charge in [-0.25, -0.2) is 14.8 Å². The molecule has 0 bridgehead atoms. The van der Waals surface area contributed by atoms with Gasteiger partial charge in [0.2, 0.25) is 0 Å². The van der Waals surface area contributed by atoms with Gasteiger partial charge in [-0.1, -0.05) is 42.5 Å². The Hall–Kier alpha value is -4.20. The monoisotopic (exact) mass is 456 g/mol. The van der Waals surface area contributed by atoms with Gasteiger partial charge < -0.3 is 19.0 Å². The van der Waals surface area contributed by atoms with Crippen molar-refractivity contribution in [2.45, 2.75) is 6.92 Å². The fourth-order valence-corrected chi connectivity index (χ4v) is 4.13. The van der Waals surface area contributed by atoms with Gasteiger partial charge in [-0.3, -0.25) is 4.79 Å². The summed E-state index contributed by atoms with van der Waals surface area (Å²) in [5.74, 6) is 0.976. The molecule has 3 heterocycles. The van der Waals surface area contributed by atoms with Crippen LogP contribution in [0, 0.1) is 0 Å². The first-order valence-electron chi connectivity index (χ1n) is 11.3. The maximum Gasteiger partial charge on any atom is 0.349 e. The van der Waals surface area contributed by atoms with Gasteiger partial charge in [0, 0.05) is 43.2 Å². The fourth-order valence-electron chi connectivity index (χ4n) is 4.13. The first kappa shape index (κ1) is 21.6. The van der Waals surface area contributed by atoms with Crippen molar-refractivity contribution in [3.8, 4) is 17.0 Å². The summed E-state index contributed by atoms with van der Waals surface area (Å²) in [6.07, 6.45) is 1.56. The molecule has 0 N–H and O–H groups in total. The Morgan fingerprint density at radius 1 is 1.00 bits per heavy atom. The molecule has 1 aliphatic rings. The van der Waals surface area contributed by atoms with Crippen molar-refractivity contribution in [3.05, 3.63) is 83.0 Å². The van der Waals surface area contributed by atoms with Crippen molar-refractivity contribution in [3.63, 3.8) is 0 Å². The van der Waals surface area contributed by atoms with Crippen LogP contribution >= 0.6 is 0 Å². The standard InChI is InChI=1S/C26H24N4O4/c1-2-33-22-10-6-9-19-15-20(26(32)34-24(19)22)25(31)30-13-11-29(12-14-30)23-16-21(27-17-28-23)18-7-4-3-5-8-18/h3-10,15-17H,2,11-14H2,1H3. The van der Waals surface area contributed by atoms with Crippen LogP contribution in [0.5, 0.6) is 5.75 Å². The number of aromatic nitrogens is 2. The molecular weight excluding hydrogens is 432 g/mol. The smallest absolute Gasteiger partial charge is 0.349 e. The Morgan fingerprint density at radius 3 is 2.56 bits per heavy atom. The van der Waals surface area contributed by atoms with Crippen LogP contribution in [0.4, 0.5) is 5.82 Å². The minimum atomic E-state index is -0.657. The van der Waals surface area contributed by atoms with Gasteiger partial charge in [-0.15, -0.1) is 0 Å². The Balaban J connectivity index is 1.32. The SMILES string of the molecule is CCOc1cccc2cc(C(=O)N3CCN(c4cc(-c5ccccc5)ncn4)CC3)c(=O)oc12. The van der Waals surface area contributed by atoms with Crippen LogP contribution in [0.15, 0.2) is 76.2 Å². The molecule has 0 spiro atoms. The third-order valence-corrected chi connectivity index (χ3v) is 5.87. The van der Waals surface area contributed by atoms with Gasteiger partial charge in [0.15, 0.2) is 11.3 Å². The predicted octanol–water partition coefficient (Wildman–Crippen LogP) is 3.61. The van der Waals surface area contributed by atoms with E-state index in [1.807, 2.05) is 49.4 Å². The van der Waals surface area contributed by atoms with E-state index in [0.29, 0.717) is 49.5 Å². The van der Waals surface area contributed by atoms with Crippen molar-refractivity contribution in [2.75, 3.05) is 37.7 Å². The predicted molar refractivity (Wildman–Crippen MR) is 129 cm³/mol. The van der Waals surface area contributed by atoms with Crippen molar-refractivity contribution < 1.29 is 13.9 Å². The van der Waals surface area contributed by atoms with Gasteiger partial charge in [0.1, 0.15) is 17.7 Å². The van der Waals surface area contributed by atoms with Crippen LogP contribution < -0.4 is 15.3 Å². The first-order valence-corrected chi connectivity index (χ1v) is 11.3. The van der Waals surface area contributed by atoms with Crippen LogP contribution in [0.3, 0.4) is 0 Å². The zero-order valence-corrected chi connectivity index (χ0v) is 18.8. The molecule has 2 aromatic heterocycles. The van der Waals surface area contributed by atoms with E-state index in [4.69, 9.17) is 9.15 Å². The second-order valence-corrected chi connectivity index (χ2v) is 7.96. The lowest BCUT2D eigenvalue weighted by Gasteiger charge is -2.35. The first-order chi connectivity index (χ1) is 16.6. The zero-order valence-electron chi connectivity index (χ0n) is 18.8. The number of amides is 1. The molecule has 1 amide bonds. The summed E-state index contributed by atoms with van der Waals surface area (Å²) in [4.78, 5) is 38.4. The van der Waals surface area contributed by atoms with E-state index >= 15 is 0 Å². The summed E-state index contributed by atoms with van der Waals surface area (Å²) in [6, 6.07) is 18.8. The van der Waals surface area contributed by atoms with Crippen LogP contribution in [0.25, 0.3) is 22.2 Å². The quantitative estimate of drug-likeness (QED) is 0.424. The fraction of sp³-hybridized carbons (Fsp3) is 0.231. The van der Waals surface area contributed by atoms with E-state index in [2.05, 4.69) is 14.9 Å². The van der Waals surface area contributed by atoms with E-state index in [1.54, 1.807) is 29.4 Å². The van der Waals surface area contributed by atoms with E-state index < -0.39 is 5.63 Å². The number of fused-ring (bicyclic) bond motifs is 1. The number of rotatable bonds is 5. The number of ether oxygens (including phenoxy) is 1. The summed E-state index contributed by atoms with van der Waals surface area (Å²) in [5, 5.41) is 0.655. The highest BCUT2D eigenvalue weighted by atomic mass is 16.5. The molecule has 34 heavy (non-hydrogen) atoms. The highest BCUT2D eigenvalue weighted by Gasteiger charge is 2.26. The Bertz CT molecular complexity index is 1380. The maximum atomic E-state index is 13.1. The van der Waals surface area contributed by atoms with Crippen molar-refractivity contribution in [2.24, 2.45) is 0 Å². The molecule has 8 nitrogen and oxygen atoms in total. The van der Waals surface area contributed by atoms with Gasteiger partial charge in [-0.05, 0) is 19.1 Å². The summed E-state index contributed by atoms with van der Waals surface area (Å²) < 4.78 is 11.0. The number of para-hydroxylation sites is 1. The average molecular weight is 457 g/mol. The van der Waals surface area contributed by atoms with Gasteiger partial charge >= 0.3 is 5.63 Å². The average Bonchev–Trinajstić information content (AvgIpc) is 2.89. The van der Waals surface area contributed by atoms with Crippen molar-refractivity contribution >= 4 is 22.7 Å². The molecule has 0 atom stereocenters. The third kappa shape index (κ3) is 4.22. The second-order valence-electron chi connectivity index (χ2n) is 7.96. The third-order valence-electron chi connectivity index (χ3n) is 5.87. The number of carbonyl (C=O) groups is 1. The minimum absolute atomic E-state index is 0.0306. The maximum absolute atomic E-state index is 13.1. The molecule has 8 heteroatoms. The number of piperazine rings is 1. The lowest BCUT2D eigenvalue weighted by Crippen LogP contribution is -2.49. The number of hydrogen-bond donors (Lipinski definition) is 0. The molecule has 5 rings (SSSR count). The molecule has 1 aliphatic heterocycles. The van der Waals surface area contributed by atoms with E-state index in [-0.39, 0.29) is 11.5 Å². The largest absolute Gasteiger partial charge is 0.490 e. The van der Waals surface area contributed by atoms with Gasteiger partial charge in [-0.2, -0.15) is 0 Å². The molecule has 0 radical (unpaired) electrons. The van der Waals surface area contributed by atoms with E-state index in [1.165, 1.54) is 0 Å². The molecule has 0 aliphatic carbocycles. The minimum Gasteiger partial charge on any atom is -0.490 e. The molecule has 0 unspecified atom stereocenters. The van der Waals surface area contributed by atoms with Gasteiger partial charge in [0.25, 0.3) is 5.91 Å². The highest BCUT2D eigenvalue weighted by molar-refractivity contribution is 5.97. The van der Waals surface area contributed by atoms with Crippen molar-refractivity contribution in [1.82, 2.24) is 14.9 Å². The molecular formula is C26H24N4O4. The molecule has 1 saturated heterocycles. The van der Waals surface area contributed by atoms with Crippen LogP contribution in [-0.2, 0) is 0 Å². The van der Waals surface area contributed by atoms with Crippen LogP contribution in [0.2, 0.25) is 0 Å². The highest BCUT2D eigenvalue weighted by Crippen LogP contribution is 2.26. The Labute approximate surface area is 196 Å². The van der Waals surface area contributed by atoms with Gasteiger partial charge in [0.05, 0.1) is 12.3 Å². The summed E-state index contributed by atoms with van der Waals surface area (Å²) in [7, 11) is 0. The molecule has 0 saturated carbocycles. The van der Waals surface area contributed by atoms with Crippen LogP contribution in [0.1, 0.15) is 17.3 Å². The Kier molecular flexibility index (Phi) is 5.95. The summed E-state index contributed by atoms with van der Waals surface area (Å²) >= 11 is 0. The topological polar surface area (TPSA) is 88.8 Å². The number of benzene rings is 2. The lowest BCUT2D eigenvalue weighted by molar-refractivity contribution is 0.0742. The summed E-state index contributed by atoms with van der Waals surface area (Å²) in [6.45, 7) is 4.46. The van der Waals surface area contributed by atoms with E-state index in [0.717, 1.165) is 17.1 Å². The number of hydrogen-bond acceptors (Lipinski definition) is 7. The second kappa shape index (κ2) is 9.35. The number of nitrogens with zero attached hydrogens (tertiary/aromatic N) is 4. The zero-order chi connectivity index (χ0) is 23.5. The number of anilines is 1. The van der Waals surface area contributed by atoms with Crippen molar-refractivity contribution in [1.29, 1.82) is 0 Å².